The van der Waals surface area contributed by atoms with Crippen LogP contribution in [0.5, 0.6) is 11.6 Å². The van der Waals surface area contributed by atoms with Crippen molar-refractivity contribution in [3.8, 4) is 11.6 Å². The Hall–Kier alpha value is -4.64. The molecule has 0 spiro atoms. The maximum absolute atomic E-state index is 13.6. The summed E-state index contributed by atoms with van der Waals surface area (Å²) in [5.74, 6) is -0.844. The Morgan fingerprint density at radius 1 is 1.20 bits per heavy atom. The second-order valence-corrected chi connectivity index (χ2v) is 9.73. The number of nitrogens with zero attached hydrogens (tertiary/aromatic N) is 3. The van der Waals surface area contributed by atoms with Gasteiger partial charge in [0, 0.05) is 30.4 Å². The van der Waals surface area contributed by atoms with Gasteiger partial charge in [0.25, 0.3) is 0 Å². The van der Waals surface area contributed by atoms with Gasteiger partial charge in [0.2, 0.25) is 11.8 Å². The average Bonchev–Trinajstić information content (AvgIpc) is 3.13. The molecule has 0 radical (unpaired) electrons. The normalized spacial score (nSPS) is 16.0. The molecule has 3 aromatic rings. The first kappa shape index (κ1) is 29.3. The highest BCUT2D eigenvalue weighted by Crippen LogP contribution is 2.26. The molecule has 4 rings (SSSR count). The Bertz CT molecular complexity index is 1400. The van der Waals surface area contributed by atoms with Gasteiger partial charge < -0.3 is 25.3 Å². The van der Waals surface area contributed by atoms with E-state index in [0.29, 0.717) is 36.0 Å². The van der Waals surface area contributed by atoms with E-state index in [9.17, 15) is 14.4 Å². The number of benzene rings is 2. The van der Waals surface area contributed by atoms with Crippen LogP contribution in [0, 0.1) is 5.92 Å². The Balaban J connectivity index is 1.45. The number of oxime groups is 1. The fraction of sp³-hybridized carbons (Fsp3) is 0.276. The van der Waals surface area contributed by atoms with Gasteiger partial charge in [-0.1, -0.05) is 35.0 Å². The number of pyridine rings is 1. The molecule has 2 heterocycles. The van der Waals surface area contributed by atoms with Crippen LogP contribution in [0.15, 0.2) is 72.0 Å². The maximum atomic E-state index is 13.6. The quantitative estimate of drug-likeness (QED) is 0.243. The molecule has 1 aliphatic rings. The number of carboxylic acid groups (broad SMARTS) is 1. The van der Waals surface area contributed by atoms with Crippen LogP contribution in [0.1, 0.15) is 27.9 Å². The molecule has 1 aromatic heterocycles. The topological polar surface area (TPSA) is 142 Å². The second-order valence-electron chi connectivity index (χ2n) is 9.30. The van der Waals surface area contributed by atoms with Crippen LogP contribution >= 0.6 is 11.6 Å². The number of rotatable bonds is 10. The first-order valence-corrected chi connectivity index (χ1v) is 13.3. The number of hydrogen-bond donors (Lipinski definition) is 3. The summed E-state index contributed by atoms with van der Waals surface area (Å²) in [4.78, 5) is 48.5. The van der Waals surface area contributed by atoms with Crippen molar-refractivity contribution in [2.24, 2.45) is 11.1 Å². The van der Waals surface area contributed by atoms with Gasteiger partial charge in [-0.15, -0.1) is 0 Å². The monoisotopic (exact) mass is 579 g/mol. The zero-order valence-corrected chi connectivity index (χ0v) is 23.1. The molecule has 214 valence electrons. The molecule has 1 fully saturated rings. The SMILES string of the molecule is COc1ccc(Cl)cc1C[C@@H]1CNC(=NOc2ccccn2)CN(C(=O)NCCCc2ccc(C(=O)O)cc2)C1=O. The van der Waals surface area contributed by atoms with Crippen molar-refractivity contribution in [1.29, 1.82) is 0 Å². The molecular formula is C29H30ClN5O6. The minimum atomic E-state index is -0.985. The molecule has 1 atom stereocenters. The molecule has 1 saturated heterocycles. The third-order valence-corrected chi connectivity index (χ3v) is 6.67. The highest BCUT2D eigenvalue weighted by molar-refractivity contribution is 6.30. The standard InChI is InChI=1S/C29H30ClN5O6/c1-40-24-12-11-23(30)16-21(24)15-22-17-33-25(34-41-26-6-2-3-13-31-26)18-35(27(22)36)29(39)32-14-4-5-19-7-9-20(10-8-19)28(37)38/h2-3,6-13,16,22H,4-5,14-15,17-18H2,1H3,(H,32,39)(H,33,34)(H,37,38)/t22-/m1/s1. The molecule has 0 bridgehead atoms. The number of aromatic carboxylic acids is 1. The lowest BCUT2D eigenvalue weighted by Crippen LogP contribution is -2.48. The number of urea groups is 1. The number of amides is 3. The lowest BCUT2D eigenvalue weighted by molar-refractivity contribution is -0.131. The third-order valence-electron chi connectivity index (χ3n) is 6.44. The van der Waals surface area contributed by atoms with E-state index in [1.807, 2.05) is 0 Å². The molecule has 0 aliphatic carbocycles. The maximum Gasteiger partial charge on any atom is 0.335 e. The van der Waals surface area contributed by atoms with Crippen molar-refractivity contribution in [1.82, 2.24) is 20.5 Å². The number of amidine groups is 1. The third kappa shape index (κ3) is 8.18. The van der Waals surface area contributed by atoms with Crippen molar-refractivity contribution in [3.63, 3.8) is 0 Å². The number of halogens is 1. The Morgan fingerprint density at radius 2 is 2.00 bits per heavy atom. The Kier molecular flexibility index (Phi) is 10.1. The number of ether oxygens (including phenoxy) is 1. The fourth-order valence-electron chi connectivity index (χ4n) is 4.30. The second kappa shape index (κ2) is 14.1. The first-order valence-electron chi connectivity index (χ1n) is 13.0. The largest absolute Gasteiger partial charge is 0.496 e. The van der Waals surface area contributed by atoms with Crippen molar-refractivity contribution in [2.45, 2.75) is 19.3 Å². The predicted octanol–water partition coefficient (Wildman–Crippen LogP) is 3.77. The van der Waals surface area contributed by atoms with Gasteiger partial charge in [-0.3, -0.25) is 9.69 Å². The number of nitrogens with one attached hydrogen (secondary N) is 2. The molecule has 2 aromatic carbocycles. The number of hydrogen-bond acceptors (Lipinski definition) is 7. The molecular weight excluding hydrogens is 550 g/mol. The van der Waals surface area contributed by atoms with Crippen LogP contribution in [0.2, 0.25) is 5.02 Å². The Morgan fingerprint density at radius 3 is 2.71 bits per heavy atom. The average molecular weight is 580 g/mol. The van der Waals surface area contributed by atoms with E-state index in [1.54, 1.807) is 74.0 Å². The van der Waals surface area contributed by atoms with E-state index < -0.39 is 17.9 Å². The van der Waals surface area contributed by atoms with Crippen LogP contribution < -0.4 is 20.2 Å². The number of carboxylic acids is 1. The number of carbonyl (C=O) groups excluding carboxylic acids is 2. The number of imide groups is 1. The van der Waals surface area contributed by atoms with Crippen molar-refractivity contribution >= 4 is 35.3 Å². The minimum absolute atomic E-state index is 0.128. The molecule has 3 N–H and O–H groups in total. The van der Waals surface area contributed by atoms with Crippen molar-refractivity contribution in [3.05, 3.63) is 88.6 Å². The molecule has 0 saturated carbocycles. The zero-order valence-electron chi connectivity index (χ0n) is 22.4. The highest BCUT2D eigenvalue weighted by Gasteiger charge is 2.34. The summed E-state index contributed by atoms with van der Waals surface area (Å²) in [5.41, 5.74) is 1.89. The van der Waals surface area contributed by atoms with E-state index in [2.05, 4.69) is 20.8 Å². The number of aromatic nitrogens is 1. The molecule has 3 amide bonds. The van der Waals surface area contributed by atoms with Crippen LogP contribution in [-0.4, -0.2) is 65.5 Å². The number of carbonyl (C=O) groups is 3. The van der Waals surface area contributed by atoms with E-state index in [0.717, 1.165) is 16.0 Å². The Labute approximate surface area is 242 Å². The summed E-state index contributed by atoms with van der Waals surface area (Å²) in [6.07, 6.45) is 3.05. The summed E-state index contributed by atoms with van der Waals surface area (Å²) in [6, 6.07) is 16.3. The van der Waals surface area contributed by atoms with Gasteiger partial charge in [0.1, 0.15) is 5.75 Å². The smallest absolute Gasteiger partial charge is 0.335 e. The number of methoxy groups -OCH3 is 1. The molecule has 41 heavy (non-hydrogen) atoms. The van der Waals surface area contributed by atoms with Gasteiger partial charge in [0.15, 0.2) is 5.84 Å². The lowest BCUT2D eigenvalue weighted by Gasteiger charge is -2.23. The van der Waals surface area contributed by atoms with Crippen LogP contribution in [0.4, 0.5) is 4.79 Å². The van der Waals surface area contributed by atoms with E-state index in [1.165, 1.54) is 0 Å². The summed E-state index contributed by atoms with van der Waals surface area (Å²) in [7, 11) is 1.54. The molecule has 11 nitrogen and oxygen atoms in total. The fourth-order valence-corrected chi connectivity index (χ4v) is 4.49. The zero-order chi connectivity index (χ0) is 29.2. The summed E-state index contributed by atoms with van der Waals surface area (Å²) >= 11 is 6.20. The van der Waals surface area contributed by atoms with Gasteiger partial charge >= 0.3 is 12.0 Å². The van der Waals surface area contributed by atoms with Crippen molar-refractivity contribution in [2.75, 3.05) is 26.7 Å². The molecule has 1 aliphatic heterocycles. The first-order chi connectivity index (χ1) is 19.8. The molecule has 0 unspecified atom stereocenters. The minimum Gasteiger partial charge on any atom is -0.496 e. The summed E-state index contributed by atoms with van der Waals surface area (Å²) in [5, 5.41) is 19.6. The van der Waals surface area contributed by atoms with E-state index in [4.69, 9.17) is 26.3 Å². The predicted molar refractivity (Wildman–Crippen MR) is 152 cm³/mol. The lowest BCUT2D eigenvalue weighted by atomic mass is 9.97. The number of aryl methyl sites for hydroxylation is 1. The van der Waals surface area contributed by atoms with Gasteiger partial charge in [-0.05, 0) is 66.8 Å². The summed E-state index contributed by atoms with van der Waals surface area (Å²) in [6.45, 7) is 0.382. The van der Waals surface area contributed by atoms with Gasteiger partial charge in [0.05, 0.1) is 25.1 Å². The summed E-state index contributed by atoms with van der Waals surface area (Å²) < 4.78 is 5.45. The van der Waals surface area contributed by atoms with Gasteiger partial charge in [-0.2, -0.15) is 0 Å². The van der Waals surface area contributed by atoms with Crippen LogP contribution in [0.25, 0.3) is 0 Å². The van der Waals surface area contributed by atoms with Crippen LogP contribution in [-0.2, 0) is 17.6 Å². The molecule has 12 heteroatoms. The highest BCUT2D eigenvalue weighted by atomic mass is 35.5. The van der Waals surface area contributed by atoms with E-state index >= 15 is 0 Å². The van der Waals surface area contributed by atoms with Crippen LogP contribution in [0.3, 0.4) is 0 Å². The van der Waals surface area contributed by atoms with Gasteiger partial charge in [-0.25, -0.2) is 14.6 Å². The van der Waals surface area contributed by atoms with Crippen molar-refractivity contribution < 1.29 is 29.1 Å². The van der Waals surface area contributed by atoms with E-state index in [-0.39, 0.29) is 36.9 Å².